The molecule has 25 heavy (non-hydrogen) atoms. The number of aryl methyl sites for hydroxylation is 1. The third-order valence-corrected chi connectivity index (χ3v) is 4.53. The molecule has 0 aliphatic carbocycles. The van der Waals surface area contributed by atoms with Crippen LogP contribution in [-0.4, -0.2) is 20.8 Å². The molecule has 0 aliphatic rings. The minimum atomic E-state index is -0.363. The number of rotatable bonds is 4. The lowest BCUT2D eigenvalue weighted by Gasteiger charge is -2.15. The number of nitrogens with zero attached hydrogens (tertiary/aromatic N) is 4. The van der Waals surface area contributed by atoms with Gasteiger partial charge in [-0.2, -0.15) is 0 Å². The summed E-state index contributed by atoms with van der Waals surface area (Å²) < 4.78 is 1.49. The van der Waals surface area contributed by atoms with Crippen LogP contribution in [0.2, 0.25) is 0 Å². The zero-order valence-electron chi connectivity index (χ0n) is 13.9. The second-order valence-corrected chi connectivity index (χ2v) is 6.10. The molecule has 0 spiro atoms. The smallest absolute Gasteiger partial charge is 0.282 e. The molecule has 0 bridgehead atoms. The molecule has 124 valence electrons. The summed E-state index contributed by atoms with van der Waals surface area (Å²) in [5.41, 5.74) is 2.27. The Morgan fingerprint density at radius 3 is 2.56 bits per heavy atom. The SMILES string of the molecule is [C-]#[N+]c1c(SC)nc(-c2cccnc2)n(-c2ccc(CC)cc2)c1=O. The average Bonchev–Trinajstić information content (AvgIpc) is 2.68. The summed E-state index contributed by atoms with van der Waals surface area (Å²) in [5.74, 6) is 0.485. The van der Waals surface area contributed by atoms with E-state index in [0.29, 0.717) is 16.5 Å². The summed E-state index contributed by atoms with van der Waals surface area (Å²) in [5, 5.41) is 0.431. The van der Waals surface area contributed by atoms with E-state index in [1.165, 1.54) is 21.9 Å². The number of hydrogen-bond donors (Lipinski definition) is 0. The van der Waals surface area contributed by atoms with E-state index in [0.717, 1.165) is 12.0 Å². The van der Waals surface area contributed by atoms with Crippen molar-refractivity contribution < 1.29 is 0 Å². The molecule has 5 nitrogen and oxygen atoms in total. The molecule has 2 aromatic heterocycles. The first-order valence-electron chi connectivity index (χ1n) is 7.77. The molecule has 0 N–H and O–H groups in total. The molecule has 0 aliphatic heterocycles. The standard InChI is InChI=1S/C19H16N4OS/c1-4-13-7-9-15(10-8-13)23-17(14-6-5-11-21-12-14)22-18(25-3)16(20-2)19(23)24/h5-12H,4H2,1,3H3. The Balaban J connectivity index is 2.35. The Bertz CT molecular complexity index is 989. The Kier molecular flexibility index (Phi) is 4.96. The van der Waals surface area contributed by atoms with Crippen LogP contribution in [0.1, 0.15) is 12.5 Å². The van der Waals surface area contributed by atoms with Crippen molar-refractivity contribution in [3.63, 3.8) is 0 Å². The lowest BCUT2D eigenvalue weighted by Crippen LogP contribution is -2.22. The fraction of sp³-hybridized carbons (Fsp3) is 0.158. The molecule has 3 aromatic rings. The first kappa shape index (κ1) is 16.9. The van der Waals surface area contributed by atoms with Crippen LogP contribution in [0.15, 0.2) is 58.6 Å². The molecule has 1 aromatic carbocycles. The Morgan fingerprint density at radius 2 is 2.00 bits per heavy atom. The van der Waals surface area contributed by atoms with Gasteiger partial charge in [0, 0.05) is 23.6 Å². The fourth-order valence-corrected chi connectivity index (χ4v) is 3.04. The summed E-state index contributed by atoms with van der Waals surface area (Å²) in [6, 6.07) is 11.4. The van der Waals surface area contributed by atoms with Crippen LogP contribution in [0.5, 0.6) is 0 Å². The highest BCUT2D eigenvalue weighted by atomic mass is 32.2. The van der Waals surface area contributed by atoms with Crippen LogP contribution in [-0.2, 0) is 6.42 Å². The molecular formula is C19H16N4OS. The maximum Gasteiger partial charge on any atom is 0.282 e. The van der Waals surface area contributed by atoms with Crippen molar-refractivity contribution in [2.45, 2.75) is 18.4 Å². The number of thioether (sulfide) groups is 1. The third-order valence-electron chi connectivity index (χ3n) is 3.86. The molecule has 6 heteroatoms. The van der Waals surface area contributed by atoms with Crippen molar-refractivity contribution in [1.82, 2.24) is 14.5 Å². The highest BCUT2D eigenvalue weighted by Gasteiger charge is 2.18. The minimum Gasteiger partial charge on any atom is -0.282 e. The number of benzene rings is 1. The molecule has 0 saturated carbocycles. The van der Waals surface area contributed by atoms with Crippen LogP contribution in [0.3, 0.4) is 0 Å². The van der Waals surface area contributed by atoms with Crippen molar-refractivity contribution >= 4 is 17.4 Å². The second-order valence-electron chi connectivity index (χ2n) is 5.31. The van der Waals surface area contributed by atoms with Gasteiger partial charge in [0.15, 0.2) is 0 Å². The van der Waals surface area contributed by atoms with Crippen LogP contribution in [0.25, 0.3) is 21.9 Å². The largest absolute Gasteiger partial charge is 0.282 e. The van der Waals surface area contributed by atoms with E-state index in [1.807, 2.05) is 36.6 Å². The Hall–Kier alpha value is -2.91. The van der Waals surface area contributed by atoms with Crippen molar-refractivity contribution in [1.29, 1.82) is 0 Å². The van der Waals surface area contributed by atoms with E-state index >= 15 is 0 Å². The van der Waals surface area contributed by atoms with E-state index in [1.54, 1.807) is 18.5 Å². The van der Waals surface area contributed by atoms with Gasteiger partial charge in [-0.25, -0.2) is 9.83 Å². The number of pyridine rings is 1. The maximum absolute atomic E-state index is 13.0. The quantitative estimate of drug-likeness (QED) is 0.404. The normalized spacial score (nSPS) is 10.4. The molecule has 0 fully saturated rings. The molecule has 0 amide bonds. The zero-order valence-corrected chi connectivity index (χ0v) is 14.7. The maximum atomic E-state index is 13.0. The van der Waals surface area contributed by atoms with Crippen LogP contribution in [0, 0.1) is 6.57 Å². The molecule has 0 atom stereocenters. The average molecular weight is 348 g/mol. The van der Waals surface area contributed by atoms with Gasteiger partial charge in [-0.3, -0.25) is 14.3 Å². The van der Waals surface area contributed by atoms with Gasteiger partial charge in [0.25, 0.3) is 11.2 Å². The molecule has 2 heterocycles. The summed E-state index contributed by atoms with van der Waals surface area (Å²) >= 11 is 1.29. The molecule has 0 radical (unpaired) electrons. The molecule has 0 saturated heterocycles. The van der Waals surface area contributed by atoms with Crippen LogP contribution in [0.4, 0.5) is 5.69 Å². The van der Waals surface area contributed by atoms with E-state index < -0.39 is 0 Å². The van der Waals surface area contributed by atoms with Gasteiger partial charge >= 0.3 is 0 Å². The van der Waals surface area contributed by atoms with Gasteiger partial charge in [-0.15, -0.1) is 11.8 Å². The van der Waals surface area contributed by atoms with Gasteiger partial charge in [0.05, 0.1) is 6.57 Å². The number of aromatic nitrogens is 3. The van der Waals surface area contributed by atoms with Gasteiger partial charge in [-0.05, 0) is 42.5 Å². The summed E-state index contributed by atoms with van der Waals surface area (Å²) in [7, 11) is 0. The first-order chi connectivity index (χ1) is 12.2. The van der Waals surface area contributed by atoms with E-state index in [9.17, 15) is 4.79 Å². The lowest BCUT2D eigenvalue weighted by atomic mass is 10.1. The topological polar surface area (TPSA) is 52.1 Å². The van der Waals surface area contributed by atoms with Crippen molar-refractivity contribution in [2.24, 2.45) is 0 Å². The van der Waals surface area contributed by atoms with Crippen molar-refractivity contribution in [3.05, 3.63) is 76.1 Å². The van der Waals surface area contributed by atoms with Crippen molar-refractivity contribution in [2.75, 3.05) is 6.26 Å². The van der Waals surface area contributed by atoms with E-state index in [2.05, 4.69) is 21.7 Å². The van der Waals surface area contributed by atoms with E-state index in [-0.39, 0.29) is 11.2 Å². The second kappa shape index (κ2) is 7.32. The highest BCUT2D eigenvalue weighted by molar-refractivity contribution is 7.98. The predicted molar refractivity (Wildman–Crippen MR) is 100 cm³/mol. The predicted octanol–water partition coefficient (Wildman–Crippen LogP) is 4.13. The third kappa shape index (κ3) is 3.19. The van der Waals surface area contributed by atoms with Gasteiger partial charge < -0.3 is 0 Å². The Labute approximate surface area is 150 Å². The van der Waals surface area contributed by atoms with Crippen LogP contribution < -0.4 is 5.56 Å². The zero-order chi connectivity index (χ0) is 17.8. The first-order valence-corrected chi connectivity index (χ1v) is 9.00. The number of hydrogen-bond acceptors (Lipinski definition) is 4. The monoisotopic (exact) mass is 348 g/mol. The van der Waals surface area contributed by atoms with Crippen LogP contribution >= 0.6 is 11.8 Å². The highest BCUT2D eigenvalue weighted by Crippen LogP contribution is 2.28. The molecule has 0 unspecified atom stereocenters. The van der Waals surface area contributed by atoms with E-state index in [4.69, 9.17) is 6.57 Å². The molecule has 3 rings (SSSR count). The molecular weight excluding hydrogens is 332 g/mol. The lowest BCUT2D eigenvalue weighted by molar-refractivity contribution is 0.913. The van der Waals surface area contributed by atoms with Gasteiger partial charge in [0.1, 0.15) is 10.9 Å². The van der Waals surface area contributed by atoms with Gasteiger partial charge in [0.2, 0.25) is 0 Å². The van der Waals surface area contributed by atoms with Crippen molar-refractivity contribution in [3.8, 4) is 17.1 Å². The van der Waals surface area contributed by atoms with Gasteiger partial charge in [-0.1, -0.05) is 19.1 Å². The summed E-state index contributed by atoms with van der Waals surface area (Å²) in [4.78, 5) is 25.1. The summed E-state index contributed by atoms with van der Waals surface area (Å²) in [6.07, 6.45) is 6.07. The fourth-order valence-electron chi connectivity index (χ4n) is 2.54. The summed E-state index contributed by atoms with van der Waals surface area (Å²) in [6.45, 7) is 9.45. The minimum absolute atomic E-state index is 0.0414. The Morgan fingerprint density at radius 1 is 1.24 bits per heavy atom.